The highest BCUT2D eigenvalue weighted by molar-refractivity contribution is 6.33. The first-order valence-corrected chi connectivity index (χ1v) is 17.6. The number of pyridine rings is 1. The summed E-state index contributed by atoms with van der Waals surface area (Å²) in [7, 11) is 0. The van der Waals surface area contributed by atoms with Crippen LogP contribution in [-0.4, -0.2) is 38.7 Å². The fourth-order valence-electron chi connectivity index (χ4n) is 8.57. The number of carbonyl (C=O) groups is 4. The number of nitrogens with zero attached hydrogens (tertiary/aromatic N) is 3. The van der Waals surface area contributed by atoms with Gasteiger partial charge in [0, 0.05) is 16.2 Å². The average Bonchev–Trinajstić information content (AvgIpc) is 3.77. The van der Waals surface area contributed by atoms with Crippen molar-refractivity contribution in [1.29, 1.82) is 0 Å². The van der Waals surface area contributed by atoms with Crippen LogP contribution in [0.5, 0.6) is 0 Å². The molecule has 0 radical (unpaired) electrons. The van der Waals surface area contributed by atoms with Crippen molar-refractivity contribution in [1.82, 2.24) is 9.99 Å². The standard InChI is InChI=1S/C37H26Cl3F3N4O6/c38-19-3-1-17(2-4-19)36-26(33(50)47(35(36)52)45-31-27(40)13-18(15-44-31)37(41,42)43)14-25-23(30(36)28-12-9-22(16-48)53-28)10-11-24-29(25)34(51)46(32(24)49)21-7-5-20(39)6-8-21/h1-10,12-13,15,24-26,29-30,48H,11,14,16H2,(H,44,45). The first-order valence-electron chi connectivity index (χ1n) is 16.4. The van der Waals surface area contributed by atoms with Crippen molar-refractivity contribution >= 4 is 69.9 Å². The number of nitrogens with one attached hydrogen (secondary N) is 1. The van der Waals surface area contributed by atoms with E-state index in [1.807, 2.05) is 6.08 Å². The highest BCUT2D eigenvalue weighted by Crippen LogP contribution is 2.64. The smallest absolute Gasteiger partial charge is 0.417 e. The molecule has 0 bridgehead atoms. The second kappa shape index (κ2) is 12.7. The number of alkyl halides is 3. The fourth-order valence-corrected chi connectivity index (χ4v) is 9.03. The molecule has 3 fully saturated rings. The van der Waals surface area contributed by atoms with Gasteiger partial charge in [0.1, 0.15) is 23.5 Å². The van der Waals surface area contributed by atoms with E-state index in [0.717, 1.165) is 4.90 Å². The SMILES string of the molecule is O=C1C2CC3C(=CCC4C(=O)N(c5ccc(Cl)cc5)C(=O)C43)C(c3ccc(CO)o3)C2(c2ccc(Cl)cc2)C(=O)N1Nc1ncc(C(F)(F)F)cc1Cl. The summed E-state index contributed by atoms with van der Waals surface area (Å²) in [5, 5.41) is 10.9. The number of anilines is 2. The molecule has 8 rings (SSSR count). The summed E-state index contributed by atoms with van der Waals surface area (Å²) in [4.78, 5) is 63.0. The Kier molecular flexibility index (Phi) is 8.48. The van der Waals surface area contributed by atoms with Crippen LogP contribution in [0.15, 0.2) is 89.0 Å². The number of hydrogen-bond donors (Lipinski definition) is 2. The van der Waals surface area contributed by atoms with Gasteiger partial charge >= 0.3 is 6.18 Å². The van der Waals surface area contributed by atoms with E-state index in [-0.39, 0.29) is 30.2 Å². The molecule has 1 saturated carbocycles. The van der Waals surface area contributed by atoms with E-state index in [2.05, 4.69) is 10.4 Å². The van der Waals surface area contributed by atoms with Gasteiger partial charge in [0.25, 0.3) is 11.8 Å². The van der Waals surface area contributed by atoms with Gasteiger partial charge in [-0.3, -0.25) is 29.5 Å². The molecule has 2 aromatic carbocycles. The molecular formula is C37H26Cl3F3N4O6. The van der Waals surface area contributed by atoms with E-state index in [4.69, 9.17) is 39.2 Å². The van der Waals surface area contributed by atoms with Crippen LogP contribution in [0.2, 0.25) is 15.1 Å². The van der Waals surface area contributed by atoms with Crippen molar-refractivity contribution in [3.8, 4) is 0 Å². The zero-order valence-electron chi connectivity index (χ0n) is 27.1. The largest absolute Gasteiger partial charge is 0.463 e. The minimum absolute atomic E-state index is 0.0654. The Labute approximate surface area is 314 Å². The maximum absolute atomic E-state index is 15.1. The summed E-state index contributed by atoms with van der Waals surface area (Å²) in [6.45, 7) is -0.473. The van der Waals surface area contributed by atoms with E-state index < -0.39 is 82.0 Å². The molecule has 10 nitrogen and oxygen atoms in total. The lowest BCUT2D eigenvalue weighted by Gasteiger charge is -2.49. The minimum atomic E-state index is -4.75. The molecule has 4 amide bonds. The lowest BCUT2D eigenvalue weighted by atomic mass is 9.50. The van der Waals surface area contributed by atoms with Crippen molar-refractivity contribution in [2.45, 2.75) is 37.0 Å². The lowest BCUT2D eigenvalue weighted by Crippen LogP contribution is -2.53. The number of imide groups is 2. The van der Waals surface area contributed by atoms with Crippen LogP contribution < -0.4 is 10.3 Å². The monoisotopic (exact) mass is 784 g/mol. The molecule has 2 N–H and O–H groups in total. The number of furan rings is 1. The average molecular weight is 786 g/mol. The number of amides is 4. The Bertz CT molecular complexity index is 2230. The fraction of sp³-hybridized carbons (Fsp3) is 0.270. The number of fused-ring (bicyclic) bond motifs is 4. The van der Waals surface area contributed by atoms with E-state index >= 15 is 4.79 Å². The number of rotatable bonds is 6. The zero-order chi connectivity index (χ0) is 37.6. The molecule has 53 heavy (non-hydrogen) atoms. The Morgan fingerprint density at radius 3 is 2.21 bits per heavy atom. The third-order valence-corrected chi connectivity index (χ3v) is 11.6. The number of benzene rings is 2. The summed E-state index contributed by atoms with van der Waals surface area (Å²) in [6.07, 6.45) is -2.33. The molecule has 4 aliphatic rings. The lowest BCUT2D eigenvalue weighted by molar-refractivity contribution is -0.139. The minimum Gasteiger partial charge on any atom is -0.463 e. The van der Waals surface area contributed by atoms with Crippen LogP contribution in [0.1, 0.15) is 41.4 Å². The number of halogens is 6. The quantitative estimate of drug-likeness (QED) is 0.153. The van der Waals surface area contributed by atoms with Crippen LogP contribution in [0, 0.1) is 23.7 Å². The Morgan fingerprint density at radius 1 is 0.906 bits per heavy atom. The number of aliphatic hydroxyl groups is 1. The van der Waals surface area contributed by atoms with Gasteiger partial charge in [-0.25, -0.2) is 4.98 Å². The number of hydrazine groups is 1. The molecule has 6 unspecified atom stereocenters. The number of aromatic nitrogens is 1. The molecule has 2 aromatic heterocycles. The second-order valence-corrected chi connectivity index (χ2v) is 14.6. The number of carbonyl (C=O) groups excluding carboxylic acids is 4. The van der Waals surface area contributed by atoms with E-state index in [1.54, 1.807) is 54.6 Å². The summed E-state index contributed by atoms with van der Waals surface area (Å²) in [6, 6.07) is 16.4. The van der Waals surface area contributed by atoms with Crippen molar-refractivity contribution in [2.24, 2.45) is 23.7 Å². The molecule has 0 spiro atoms. The van der Waals surface area contributed by atoms with Gasteiger partial charge in [-0.2, -0.15) is 18.2 Å². The molecule has 16 heteroatoms. The van der Waals surface area contributed by atoms with Gasteiger partial charge in [-0.1, -0.05) is 58.6 Å². The highest BCUT2D eigenvalue weighted by atomic mass is 35.5. The Hall–Kier alpha value is -4.69. The zero-order valence-corrected chi connectivity index (χ0v) is 29.4. The summed E-state index contributed by atoms with van der Waals surface area (Å²) in [5.74, 6) is -7.12. The molecule has 6 atom stereocenters. The van der Waals surface area contributed by atoms with Crippen LogP contribution in [0.3, 0.4) is 0 Å². The first-order chi connectivity index (χ1) is 25.2. The third-order valence-electron chi connectivity index (χ3n) is 10.8. The van der Waals surface area contributed by atoms with E-state index in [9.17, 15) is 32.7 Å². The molecular weight excluding hydrogens is 760 g/mol. The normalized spacial score (nSPS) is 26.8. The summed E-state index contributed by atoms with van der Waals surface area (Å²) in [5.41, 5.74) is 0.971. The van der Waals surface area contributed by atoms with E-state index in [1.165, 1.54) is 6.07 Å². The van der Waals surface area contributed by atoms with Crippen molar-refractivity contribution in [3.05, 3.63) is 122 Å². The molecule has 2 saturated heterocycles. The van der Waals surface area contributed by atoms with Crippen LogP contribution >= 0.6 is 34.8 Å². The first kappa shape index (κ1) is 35.3. The maximum atomic E-state index is 15.1. The predicted molar refractivity (Wildman–Crippen MR) is 185 cm³/mol. The van der Waals surface area contributed by atoms with Crippen LogP contribution in [0.4, 0.5) is 24.7 Å². The van der Waals surface area contributed by atoms with E-state index in [0.29, 0.717) is 44.1 Å². The highest BCUT2D eigenvalue weighted by Gasteiger charge is 2.71. The molecule has 4 aromatic rings. The van der Waals surface area contributed by atoms with Crippen molar-refractivity contribution in [3.63, 3.8) is 0 Å². The Morgan fingerprint density at radius 2 is 1.58 bits per heavy atom. The number of aliphatic hydroxyl groups excluding tert-OH is 1. The van der Waals surface area contributed by atoms with Crippen molar-refractivity contribution in [2.75, 3.05) is 10.3 Å². The van der Waals surface area contributed by atoms with Crippen LogP contribution in [-0.2, 0) is 37.4 Å². The number of hydrogen-bond acceptors (Lipinski definition) is 8. The van der Waals surface area contributed by atoms with Crippen molar-refractivity contribution < 1.29 is 41.9 Å². The molecule has 2 aliphatic carbocycles. The predicted octanol–water partition coefficient (Wildman–Crippen LogP) is 7.34. The topological polar surface area (TPSA) is 133 Å². The molecule has 2 aliphatic heterocycles. The summed E-state index contributed by atoms with van der Waals surface area (Å²) < 4.78 is 46.4. The van der Waals surface area contributed by atoms with Crippen LogP contribution in [0.25, 0.3) is 0 Å². The van der Waals surface area contributed by atoms with Gasteiger partial charge in [-0.15, -0.1) is 0 Å². The molecule has 272 valence electrons. The Balaban J connectivity index is 1.29. The van der Waals surface area contributed by atoms with Gasteiger partial charge in [0.05, 0.1) is 39.9 Å². The number of allylic oxidation sites excluding steroid dienone is 2. The van der Waals surface area contributed by atoms with Gasteiger partial charge in [-0.05, 0) is 78.9 Å². The maximum Gasteiger partial charge on any atom is 0.417 e. The second-order valence-electron chi connectivity index (χ2n) is 13.4. The van der Waals surface area contributed by atoms with Gasteiger partial charge < -0.3 is 9.52 Å². The van der Waals surface area contributed by atoms with Gasteiger partial charge in [0.2, 0.25) is 11.8 Å². The molecule has 4 heterocycles. The summed E-state index contributed by atoms with van der Waals surface area (Å²) >= 11 is 18.6. The van der Waals surface area contributed by atoms with Gasteiger partial charge in [0.15, 0.2) is 5.82 Å². The third kappa shape index (κ3) is 5.38.